The summed E-state index contributed by atoms with van der Waals surface area (Å²) in [5.41, 5.74) is 0.930. The van der Waals surface area contributed by atoms with Crippen LogP contribution in [0.25, 0.3) is 11.0 Å². The summed E-state index contributed by atoms with van der Waals surface area (Å²) in [7, 11) is 0.649. The van der Waals surface area contributed by atoms with E-state index in [-0.39, 0.29) is 0 Å². The molecule has 3 rings (SSSR count). The Labute approximate surface area is 119 Å². The molecule has 0 spiro atoms. The predicted octanol–water partition coefficient (Wildman–Crippen LogP) is 3.90. The van der Waals surface area contributed by atoms with E-state index >= 15 is 0 Å². The summed E-state index contributed by atoms with van der Waals surface area (Å²) in [6.45, 7) is 2.13. The molecule has 0 radical (unpaired) electrons. The molecule has 0 bridgehead atoms. The topological polar surface area (TPSA) is 42.7 Å². The van der Waals surface area contributed by atoms with Crippen molar-refractivity contribution in [3.05, 3.63) is 17.5 Å². The van der Waals surface area contributed by atoms with Crippen molar-refractivity contribution in [3.63, 3.8) is 0 Å². The highest BCUT2D eigenvalue weighted by Gasteiger charge is 2.17. The molecule has 1 N–H and O–H groups in total. The lowest BCUT2D eigenvalue weighted by molar-refractivity contribution is 0.462. The van der Waals surface area contributed by atoms with Crippen molar-refractivity contribution in [3.8, 4) is 0 Å². The van der Waals surface area contributed by atoms with Crippen LogP contribution in [0.2, 0.25) is 5.28 Å². The number of nitrogens with zero attached hydrogens (tertiary/aromatic N) is 3. The van der Waals surface area contributed by atoms with Crippen molar-refractivity contribution >= 4 is 37.2 Å². The molecule has 1 unspecified atom stereocenters. The summed E-state index contributed by atoms with van der Waals surface area (Å²) in [5.74, 6) is 0.888. The standard InChI is InChI=1S/C13H18ClN4P/c1-19-18-8-7-10-11(16-13(14)17-12(10)18)15-9-5-3-2-4-6-9/h7-9,19H,2-6H2,1H3,(H,15,16,17). The molecule has 6 heteroatoms. The maximum absolute atomic E-state index is 6.05. The molecule has 2 aromatic rings. The highest BCUT2D eigenvalue weighted by Crippen LogP contribution is 2.29. The zero-order chi connectivity index (χ0) is 13.2. The molecule has 2 heterocycles. The third-order valence-electron chi connectivity index (χ3n) is 3.70. The van der Waals surface area contributed by atoms with Crippen LogP contribution in [0.3, 0.4) is 0 Å². The van der Waals surface area contributed by atoms with Crippen LogP contribution < -0.4 is 5.32 Å². The second-order valence-corrected chi connectivity index (χ2v) is 6.23. The molecule has 2 aromatic heterocycles. The minimum atomic E-state index is 0.323. The average Bonchev–Trinajstić information content (AvgIpc) is 2.83. The largest absolute Gasteiger partial charge is 0.367 e. The Bertz CT molecular complexity index is 577. The number of rotatable bonds is 3. The molecule has 19 heavy (non-hydrogen) atoms. The average molecular weight is 297 g/mol. The molecule has 1 aliphatic rings. The number of anilines is 1. The van der Waals surface area contributed by atoms with Gasteiger partial charge in [0.05, 0.1) is 5.39 Å². The van der Waals surface area contributed by atoms with E-state index in [0.29, 0.717) is 20.1 Å². The van der Waals surface area contributed by atoms with E-state index in [1.807, 2.05) is 0 Å². The quantitative estimate of drug-likeness (QED) is 0.690. The molecular weight excluding hydrogens is 279 g/mol. The second kappa shape index (κ2) is 5.64. The Kier molecular flexibility index (Phi) is 3.90. The summed E-state index contributed by atoms with van der Waals surface area (Å²) in [6, 6.07) is 2.60. The Morgan fingerprint density at radius 3 is 2.84 bits per heavy atom. The smallest absolute Gasteiger partial charge is 0.226 e. The van der Waals surface area contributed by atoms with Crippen LogP contribution in [-0.4, -0.2) is 27.0 Å². The molecule has 0 amide bonds. The predicted molar refractivity (Wildman–Crippen MR) is 82.7 cm³/mol. The van der Waals surface area contributed by atoms with Crippen molar-refractivity contribution in [2.75, 3.05) is 12.0 Å². The molecule has 1 saturated carbocycles. The van der Waals surface area contributed by atoms with Crippen LogP contribution in [0.4, 0.5) is 5.82 Å². The zero-order valence-corrected chi connectivity index (χ0v) is 12.7. The fraction of sp³-hybridized carbons (Fsp3) is 0.538. The Hall–Kier alpha value is -0.860. The van der Waals surface area contributed by atoms with Gasteiger partial charge in [-0.1, -0.05) is 19.3 Å². The lowest BCUT2D eigenvalue weighted by atomic mass is 9.95. The fourth-order valence-corrected chi connectivity index (χ4v) is 3.49. The van der Waals surface area contributed by atoms with Gasteiger partial charge in [0.15, 0.2) is 0 Å². The molecule has 4 nitrogen and oxygen atoms in total. The maximum Gasteiger partial charge on any atom is 0.226 e. The molecular formula is C13H18ClN4P. The Morgan fingerprint density at radius 2 is 2.11 bits per heavy atom. The highest BCUT2D eigenvalue weighted by molar-refractivity contribution is 7.35. The van der Waals surface area contributed by atoms with E-state index in [0.717, 1.165) is 16.9 Å². The van der Waals surface area contributed by atoms with Gasteiger partial charge in [-0.2, -0.15) is 4.98 Å². The SMILES string of the molecule is CPn1ccc2c(NC3CCCCC3)nc(Cl)nc21. The second-order valence-electron chi connectivity index (χ2n) is 4.97. The monoisotopic (exact) mass is 296 g/mol. The van der Waals surface area contributed by atoms with Gasteiger partial charge < -0.3 is 9.65 Å². The van der Waals surface area contributed by atoms with Crippen molar-refractivity contribution in [1.82, 2.24) is 14.3 Å². The number of hydrogen-bond donors (Lipinski definition) is 1. The number of fused-ring (bicyclic) bond motifs is 1. The normalized spacial score (nSPS) is 17.6. The summed E-state index contributed by atoms with van der Waals surface area (Å²) >= 11 is 6.05. The van der Waals surface area contributed by atoms with Crippen LogP contribution in [0, 0.1) is 0 Å². The molecule has 1 fully saturated rings. The number of aromatic nitrogens is 3. The van der Waals surface area contributed by atoms with E-state index in [1.165, 1.54) is 32.1 Å². The van der Waals surface area contributed by atoms with E-state index in [1.54, 1.807) is 0 Å². The van der Waals surface area contributed by atoms with Crippen LogP contribution >= 0.6 is 20.3 Å². The maximum atomic E-state index is 6.05. The molecule has 0 saturated heterocycles. The minimum Gasteiger partial charge on any atom is -0.367 e. The van der Waals surface area contributed by atoms with Crippen molar-refractivity contribution < 1.29 is 0 Å². The van der Waals surface area contributed by atoms with Gasteiger partial charge in [0.25, 0.3) is 0 Å². The molecule has 0 aliphatic heterocycles. The molecule has 102 valence electrons. The summed E-state index contributed by atoms with van der Waals surface area (Å²) in [4.78, 5) is 8.72. The number of nitrogens with one attached hydrogen (secondary N) is 1. The first-order valence-electron chi connectivity index (χ1n) is 6.77. The number of halogens is 1. The van der Waals surface area contributed by atoms with Gasteiger partial charge in [0.2, 0.25) is 5.28 Å². The van der Waals surface area contributed by atoms with Gasteiger partial charge in [-0.05, 0) is 45.9 Å². The van der Waals surface area contributed by atoms with Crippen LogP contribution in [0.5, 0.6) is 0 Å². The Balaban J connectivity index is 1.95. The first-order chi connectivity index (χ1) is 9.28. The van der Waals surface area contributed by atoms with Gasteiger partial charge in [-0.15, -0.1) is 0 Å². The van der Waals surface area contributed by atoms with Gasteiger partial charge in [-0.3, -0.25) is 0 Å². The molecule has 1 atom stereocenters. The Morgan fingerprint density at radius 1 is 1.32 bits per heavy atom. The van der Waals surface area contributed by atoms with Crippen LogP contribution in [0.1, 0.15) is 32.1 Å². The number of hydrogen-bond acceptors (Lipinski definition) is 3. The third kappa shape index (κ3) is 2.70. The summed E-state index contributed by atoms with van der Waals surface area (Å²) in [5, 5.41) is 4.95. The van der Waals surface area contributed by atoms with Gasteiger partial charge in [-0.25, -0.2) is 4.98 Å². The third-order valence-corrected chi connectivity index (χ3v) is 4.72. The minimum absolute atomic E-state index is 0.323. The summed E-state index contributed by atoms with van der Waals surface area (Å²) < 4.78 is 2.12. The lowest BCUT2D eigenvalue weighted by Crippen LogP contribution is -2.23. The van der Waals surface area contributed by atoms with Crippen LogP contribution in [-0.2, 0) is 0 Å². The first kappa shape index (κ1) is 13.1. The van der Waals surface area contributed by atoms with Crippen LogP contribution in [0.15, 0.2) is 12.3 Å². The van der Waals surface area contributed by atoms with Crippen molar-refractivity contribution in [2.24, 2.45) is 0 Å². The van der Waals surface area contributed by atoms with E-state index in [2.05, 4.69) is 38.6 Å². The lowest BCUT2D eigenvalue weighted by Gasteiger charge is -2.23. The highest BCUT2D eigenvalue weighted by atomic mass is 35.5. The van der Waals surface area contributed by atoms with Gasteiger partial charge in [0.1, 0.15) is 11.5 Å². The van der Waals surface area contributed by atoms with E-state index in [9.17, 15) is 0 Å². The molecule has 1 aliphatic carbocycles. The van der Waals surface area contributed by atoms with E-state index < -0.39 is 0 Å². The van der Waals surface area contributed by atoms with Gasteiger partial charge >= 0.3 is 0 Å². The first-order valence-corrected chi connectivity index (χ1v) is 8.59. The van der Waals surface area contributed by atoms with Gasteiger partial charge in [0, 0.05) is 12.2 Å². The van der Waals surface area contributed by atoms with Crippen molar-refractivity contribution in [1.29, 1.82) is 0 Å². The molecule has 0 aromatic carbocycles. The fourth-order valence-electron chi connectivity index (χ4n) is 2.72. The van der Waals surface area contributed by atoms with Crippen molar-refractivity contribution in [2.45, 2.75) is 38.1 Å². The zero-order valence-electron chi connectivity index (χ0n) is 11.0. The summed E-state index contributed by atoms with van der Waals surface area (Å²) in [6.07, 6.45) is 8.46. The van der Waals surface area contributed by atoms with E-state index in [4.69, 9.17) is 11.6 Å².